The summed E-state index contributed by atoms with van der Waals surface area (Å²) < 4.78 is 5.43. The number of ether oxygens (including phenoxy) is 1. The first-order valence-corrected chi connectivity index (χ1v) is 11.9. The zero-order valence-corrected chi connectivity index (χ0v) is 19.1. The van der Waals surface area contributed by atoms with Crippen LogP contribution in [0.25, 0.3) is 21.8 Å². The molecule has 4 aromatic rings. The van der Waals surface area contributed by atoms with Crippen LogP contribution in [0.4, 0.5) is 0 Å². The summed E-state index contributed by atoms with van der Waals surface area (Å²) in [7, 11) is 1.71. The summed E-state index contributed by atoms with van der Waals surface area (Å²) in [5.41, 5.74) is 6.28. The Kier molecular flexibility index (Phi) is 5.10. The van der Waals surface area contributed by atoms with Gasteiger partial charge in [0.05, 0.1) is 13.7 Å². The molecule has 33 heavy (non-hydrogen) atoms. The van der Waals surface area contributed by atoms with Gasteiger partial charge in [0.15, 0.2) is 0 Å². The van der Waals surface area contributed by atoms with Crippen molar-refractivity contribution in [2.45, 2.75) is 31.7 Å². The summed E-state index contributed by atoms with van der Waals surface area (Å²) >= 11 is 0. The van der Waals surface area contributed by atoms with E-state index in [2.05, 4.69) is 57.5 Å². The van der Waals surface area contributed by atoms with E-state index in [0.29, 0.717) is 19.0 Å². The number of H-pyrrole nitrogens is 2. The minimum atomic E-state index is 0.251. The van der Waals surface area contributed by atoms with E-state index in [1.165, 1.54) is 33.1 Å². The van der Waals surface area contributed by atoms with Crippen LogP contribution in [0.1, 0.15) is 35.6 Å². The van der Waals surface area contributed by atoms with Crippen LogP contribution in [0.15, 0.2) is 48.7 Å². The number of hydrogen-bond acceptors (Lipinski definition) is 3. The van der Waals surface area contributed by atoms with Gasteiger partial charge in [0.2, 0.25) is 5.91 Å². The number of nitrogens with zero attached hydrogens (tertiary/aromatic N) is 2. The number of aromatic nitrogens is 2. The lowest BCUT2D eigenvalue weighted by Gasteiger charge is -2.34. The van der Waals surface area contributed by atoms with Crippen molar-refractivity contribution in [2.24, 2.45) is 0 Å². The maximum absolute atomic E-state index is 13.1. The van der Waals surface area contributed by atoms with Gasteiger partial charge in [-0.25, -0.2) is 0 Å². The number of piperidine rings is 1. The molecule has 0 atom stereocenters. The number of amides is 1. The standard InChI is InChI=1S/C27H30N4O2/c1-33-19-6-7-24-21(14-19)22(15-28-24)18-8-11-30(12-9-18)17-27(32)31-13-10-26-23(16-31)20-4-2-3-5-25(20)29-26/h2-7,14-15,18,28-29H,8-13,16-17H2,1H3. The number of likely N-dealkylation sites (tertiary alicyclic amines) is 1. The third kappa shape index (κ3) is 3.68. The van der Waals surface area contributed by atoms with E-state index in [1.54, 1.807) is 7.11 Å². The summed E-state index contributed by atoms with van der Waals surface area (Å²) in [6.45, 7) is 3.95. The van der Waals surface area contributed by atoms with Gasteiger partial charge < -0.3 is 19.6 Å². The molecule has 0 unspecified atom stereocenters. The number of benzene rings is 2. The van der Waals surface area contributed by atoms with E-state index in [0.717, 1.165) is 50.2 Å². The van der Waals surface area contributed by atoms with Crippen molar-refractivity contribution < 1.29 is 9.53 Å². The van der Waals surface area contributed by atoms with Crippen molar-refractivity contribution in [2.75, 3.05) is 33.3 Å². The Hall–Kier alpha value is -3.25. The Bertz CT molecular complexity index is 1310. The predicted molar refractivity (Wildman–Crippen MR) is 131 cm³/mol. The van der Waals surface area contributed by atoms with Gasteiger partial charge in [-0.1, -0.05) is 18.2 Å². The van der Waals surface area contributed by atoms with E-state index in [4.69, 9.17) is 4.74 Å². The van der Waals surface area contributed by atoms with Crippen LogP contribution in [0, 0.1) is 0 Å². The number of nitrogens with one attached hydrogen (secondary N) is 2. The SMILES string of the molecule is COc1ccc2[nH]cc(C3CCN(CC(=O)N4CCc5[nH]c6ccccc6c5C4)CC3)c2c1. The number of rotatable bonds is 4. The number of fused-ring (bicyclic) bond motifs is 4. The first-order chi connectivity index (χ1) is 16.2. The molecule has 6 rings (SSSR count). The maximum Gasteiger partial charge on any atom is 0.237 e. The summed E-state index contributed by atoms with van der Waals surface area (Å²) in [6.07, 6.45) is 5.21. The molecule has 0 radical (unpaired) electrons. The van der Waals surface area contributed by atoms with Crippen molar-refractivity contribution >= 4 is 27.7 Å². The normalized spacial score (nSPS) is 17.5. The van der Waals surface area contributed by atoms with E-state index in [9.17, 15) is 4.79 Å². The highest BCUT2D eigenvalue weighted by Crippen LogP contribution is 2.35. The van der Waals surface area contributed by atoms with Crippen molar-refractivity contribution in [1.29, 1.82) is 0 Å². The van der Waals surface area contributed by atoms with Crippen LogP contribution in [-0.4, -0.2) is 59.0 Å². The molecular formula is C27H30N4O2. The lowest BCUT2D eigenvalue weighted by molar-refractivity contribution is -0.133. The fourth-order valence-electron chi connectivity index (χ4n) is 5.66. The fourth-order valence-corrected chi connectivity index (χ4v) is 5.66. The quantitative estimate of drug-likeness (QED) is 0.492. The smallest absolute Gasteiger partial charge is 0.237 e. The van der Waals surface area contributed by atoms with Crippen molar-refractivity contribution in [3.05, 3.63) is 65.5 Å². The molecule has 2 N–H and O–H groups in total. The van der Waals surface area contributed by atoms with Crippen LogP contribution < -0.4 is 4.74 Å². The zero-order valence-electron chi connectivity index (χ0n) is 19.1. The molecule has 1 amide bonds. The number of methoxy groups -OCH3 is 1. The second kappa shape index (κ2) is 8.27. The summed E-state index contributed by atoms with van der Waals surface area (Å²) in [5.74, 6) is 1.66. The van der Waals surface area contributed by atoms with Gasteiger partial charge in [0, 0.05) is 58.8 Å². The molecule has 1 saturated heterocycles. The zero-order chi connectivity index (χ0) is 22.4. The molecule has 0 aliphatic carbocycles. The lowest BCUT2D eigenvalue weighted by atomic mass is 9.89. The molecule has 0 saturated carbocycles. The summed E-state index contributed by atoms with van der Waals surface area (Å²) in [5, 5.41) is 2.51. The Morgan fingerprint density at radius 2 is 1.91 bits per heavy atom. The first kappa shape index (κ1) is 20.4. The maximum atomic E-state index is 13.1. The fraction of sp³-hybridized carbons (Fsp3) is 0.370. The molecular weight excluding hydrogens is 412 g/mol. The summed E-state index contributed by atoms with van der Waals surface area (Å²) in [6, 6.07) is 14.6. The molecule has 1 fully saturated rings. The van der Waals surface area contributed by atoms with Crippen LogP contribution in [0.5, 0.6) is 5.75 Å². The van der Waals surface area contributed by atoms with Gasteiger partial charge in [-0.3, -0.25) is 9.69 Å². The second-order valence-corrected chi connectivity index (χ2v) is 9.40. The van der Waals surface area contributed by atoms with Gasteiger partial charge in [0.1, 0.15) is 5.75 Å². The van der Waals surface area contributed by atoms with Gasteiger partial charge >= 0.3 is 0 Å². The monoisotopic (exact) mass is 442 g/mol. The minimum Gasteiger partial charge on any atom is -0.497 e. The number of carbonyl (C=O) groups excluding carboxylic acids is 1. The van der Waals surface area contributed by atoms with Gasteiger partial charge in [-0.05, 0) is 61.7 Å². The molecule has 6 nitrogen and oxygen atoms in total. The molecule has 2 aliphatic rings. The second-order valence-electron chi connectivity index (χ2n) is 9.40. The first-order valence-electron chi connectivity index (χ1n) is 11.9. The molecule has 6 heteroatoms. The number of para-hydroxylation sites is 1. The summed E-state index contributed by atoms with van der Waals surface area (Å²) in [4.78, 5) is 24.5. The molecule has 2 aromatic heterocycles. The highest BCUT2D eigenvalue weighted by atomic mass is 16.5. The average molecular weight is 443 g/mol. The van der Waals surface area contributed by atoms with E-state index < -0.39 is 0 Å². The lowest BCUT2D eigenvalue weighted by Crippen LogP contribution is -2.44. The van der Waals surface area contributed by atoms with Crippen LogP contribution in [0.3, 0.4) is 0 Å². The van der Waals surface area contributed by atoms with E-state index in [-0.39, 0.29) is 5.91 Å². The number of hydrogen-bond donors (Lipinski definition) is 2. The molecule has 170 valence electrons. The molecule has 4 heterocycles. The third-order valence-electron chi connectivity index (χ3n) is 7.54. The average Bonchev–Trinajstić information content (AvgIpc) is 3.45. The predicted octanol–water partition coefficient (Wildman–Crippen LogP) is 4.42. The molecule has 0 bridgehead atoms. The minimum absolute atomic E-state index is 0.251. The molecule has 2 aromatic carbocycles. The molecule has 2 aliphatic heterocycles. The van der Waals surface area contributed by atoms with Gasteiger partial charge in [-0.15, -0.1) is 0 Å². The third-order valence-corrected chi connectivity index (χ3v) is 7.54. The van der Waals surface area contributed by atoms with Crippen LogP contribution >= 0.6 is 0 Å². The Morgan fingerprint density at radius 1 is 1.06 bits per heavy atom. The van der Waals surface area contributed by atoms with Crippen LogP contribution in [0.2, 0.25) is 0 Å². The largest absolute Gasteiger partial charge is 0.497 e. The topological polar surface area (TPSA) is 64.4 Å². The highest BCUT2D eigenvalue weighted by molar-refractivity contribution is 5.87. The van der Waals surface area contributed by atoms with Crippen molar-refractivity contribution in [3.63, 3.8) is 0 Å². The Morgan fingerprint density at radius 3 is 2.76 bits per heavy atom. The van der Waals surface area contributed by atoms with Gasteiger partial charge in [-0.2, -0.15) is 0 Å². The van der Waals surface area contributed by atoms with Crippen molar-refractivity contribution in [3.8, 4) is 5.75 Å². The van der Waals surface area contributed by atoms with Gasteiger partial charge in [0.25, 0.3) is 0 Å². The van der Waals surface area contributed by atoms with E-state index >= 15 is 0 Å². The number of carbonyl (C=O) groups is 1. The molecule has 0 spiro atoms. The van der Waals surface area contributed by atoms with E-state index in [1.807, 2.05) is 11.0 Å². The number of aromatic amines is 2. The Labute approximate surface area is 193 Å². The highest BCUT2D eigenvalue weighted by Gasteiger charge is 2.28. The Balaban J connectivity index is 1.09. The van der Waals surface area contributed by atoms with Crippen molar-refractivity contribution in [1.82, 2.24) is 19.8 Å². The van der Waals surface area contributed by atoms with Crippen LogP contribution in [-0.2, 0) is 17.8 Å².